The molecule has 204 valence electrons. The molecule has 1 saturated heterocycles. The van der Waals surface area contributed by atoms with Crippen LogP contribution in [0, 0.1) is 23.5 Å². The van der Waals surface area contributed by atoms with Crippen LogP contribution in [0.25, 0.3) is 0 Å². The van der Waals surface area contributed by atoms with Crippen molar-refractivity contribution in [2.75, 3.05) is 40.4 Å². The summed E-state index contributed by atoms with van der Waals surface area (Å²) >= 11 is 0. The van der Waals surface area contributed by atoms with Gasteiger partial charge in [-0.15, -0.1) is 0 Å². The number of amides is 2. The maximum absolute atomic E-state index is 14.1. The zero-order valence-electron chi connectivity index (χ0n) is 22.0. The molecule has 3 unspecified atom stereocenters. The molecule has 1 aromatic rings. The predicted molar refractivity (Wildman–Crippen MR) is 138 cm³/mol. The highest BCUT2D eigenvalue weighted by Crippen LogP contribution is 2.40. The molecule has 3 rings (SSSR count). The Balaban J connectivity index is 1.71. The van der Waals surface area contributed by atoms with Crippen LogP contribution in [-0.2, 0) is 10.3 Å². The molecule has 1 aromatic carbocycles. The number of methoxy groups -OCH3 is 1. The minimum absolute atomic E-state index is 0.0521. The van der Waals surface area contributed by atoms with Crippen LogP contribution in [0.15, 0.2) is 18.2 Å². The van der Waals surface area contributed by atoms with Crippen LogP contribution < -0.4 is 10.6 Å². The molecule has 0 aromatic heterocycles. The molecule has 1 aliphatic carbocycles. The Hall–Kier alpha value is -1.77. The number of urea groups is 1. The Labute approximate surface area is 215 Å². The first kappa shape index (κ1) is 28.8. The highest BCUT2D eigenvalue weighted by Gasteiger charge is 2.42. The summed E-state index contributed by atoms with van der Waals surface area (Å²) in [5.41, 5.74) is -1.18. The van der Waals surface area contributed by atoms with Crippen LogP contribution in [0.2, 0.25) is 0 Å². The Morgan fingerprint density at radius 1 is 1.14 bits per heavy atom. The van der Waals surface area contributed by atoms with Crippen molar-refractivity contribution in [3.05, 3.63) is 35.4 Å². The third-order valence-electron chi connectivity index (χ3n) is 8.02. The van der Waals surface area contributed by atoms with Crippen LogP contribution in [0.4, 0.5) is 13.6 Å². The first-order valence-corrected chi connectivity index (χ1v) is 13.7. The minimum Gasteiger partial charge on any atom is -0.385 e. The number of ether oxygens (including phenoxy) is 1. The summed E-state index contributed by atoms with van der Waals surface area (Å²) in [6.45, 7) is 2.22. The molecular weight excluding hydrogens is 464 g/mol. The van der Waals surface area contributed by atoms with Gasteiger partial charge < -0.3 is 25.4 Å². The van der Waals surface area contributed by atoms with E-state index in [2.05, 4.69) is 10.6 Å². The van der Waals surface area contributed by atoms with Crippen LogP contribution in [0.3, 0.4) is 0 Å². The van der Waals surface area contributed by atoms with E-state index in [4.69, 9.17) is 4.74 Å². The SMILES string of the molecule is CNCC(CC1CCCCC1)NC(=O)N1CCCC(C(O)(CCCCOC)c2cc(F)cc(F)c2)C1. The van der Waals surface area contributed by atoms with Gasteiger partial charge in [0, 0.05) is 51.4 Å². The van der Waals surface area contributed by atoms with E-state index >= 15 is 0 Å². The number of rotatable bonds is 12. The van der Waals surface area contributed by atoms with Crippen LogP contribution in [0.1, 0.15) is 76.2 Å². The lowest BCUT2D eigenvalue weighted by atomic mass is 9.74. The molecule has 0 spiro atoms. The van der Waals surface area contributed by atoms with E-state index in [1.807, 2.05) is 7.05 Å². The molecular formula is C28H45F2N3O3. The van der Waals surface area contributed by atoms with Crippen molar-refractivity contribution in [1.82, 2.24) is 15.5 Å². The lowest BCUT2D eigenvalue weighted by molar-refractivity contribution is -0.0568. The van der Waals surface area contributed by atoms with Gasteiger partial charge in [0.1, 0.15) is 11.6 Å². The third-order valence-corrected chi connectivity index (χ3v) is 8.02. The largest absolute Gasteiger partial charge is 0.385 e. The van der Waals surface area contributed by atoms with Gasteiger partial charge in [0.2, 0.25) is 0 Å². The van der Waals surface area contributed by atoms with Gasteiger partial charge >= 0.3 is 6.03 Å². The van der Waals surface area contributed by atoms with Crippen molar-refractivity contribution >= 4 is 6.03 Å². The van der Waals surface area contributed by atoms with Crippen molar-refractivity contribution in [3.63, 3.8) is 0 Å². The highest BCUT2D eigenvalue weighted by atomic mass is 19.1. The van der Waals surface area contributed by atoms with E-state index in [0.717, 1.165) is 25.3 Å². The smallest absolute Gasteiger partial charge is 0.317 e. The van der Waals surface area contributed by atoms with E-state index in [-0.39, 0.29) is 23.6 Å². The van der Waals surface area contributed by atoms with Crippen LogP contribution >= 0.6 is 0 Å². The molecule has 0 radical (unpaired) electrons. The number of likely N-dealkylation sites (tertiary alicyclic amines) is 1. The lowest BCUT2D eigenvalue weighted by Crippen LogP contribution is -2.54. The van der Waals surface area contributed by atoms with E-state index in [0.29, 0.717) is 51.4 Å². The van der Waals surface area contributed by atoms with Gasteiger partial charge in [0.05, 0.1) is 5.60 Å². The highest BCUT2D eigenvalue weighted by molar-refractivity contribution is 5.74. The van der Waals surface area contributed by atoms with Gasteiger partial charge in [-0.1, -0.05) is 32.1 Å². The zero-order valence-corrected chi connectivity index (χ0v) is 22.0. The average molecular weight is 510 g/mol. The van der Waals surface area contributed by atoms with Crippen molar-refractivity contribution in [2.24, 2.45) is 11.8 Å². The number of nitrogens with one attached hydrogen (secondary N) is 2. The fourth-order valence-corrected chi connectivity index (χ4v) is 6.11. The van der Waals surface area contributed by atoms with Crippen LogP contribution in [-0.4, -0.2) is 62.5 Å². The van der Waals surface area contributed by atoms with Gasteiger partial charge in [0.15, 0.2) is 0 Å². The van der Waals surface area contributed by atoms with Gasteiger partial charge in [-0.2, -0.15) is 0 Å². The molecule has 1 saturated carbocycles. The van der Waals surface area contributed by atoms with Crippen molar-refractivity contribution in [3.8, 4) is 0 Å². The summed E-state index contributed by atoms with van der Waals surface area (Å²) in [5.74, 6) is -1.08. The molecule has 8 heteroatoms. The summed E-state index contributed by atoms with van der Waals surface area (Å²) in [4.78, 5) is 15.1. The number of halogens is 2. The molecule has 1 aliphatic heterocycles. The quantitative estimate of drug-likeness (QED) is 0.349. The number of piperidine rings is 1. The lowest BCUT2D eigenvalue weighted by Gasteiger charge is -2.43. The summed E-state index contributed by atoms with van der Waals surface area (Å²) in [6.07, 6.45) is 10.4. The van der Waals surface area contributed by atoms with Gasteiger partial charge in [-0.25, -0.2) is 13.6 Å². The molecule has 3 N–H and O–H groups in total. The summed E-state index contributed by atoms with van der Waals surface area (Å²) < 4.78 is 33.4. The summed E-state index contributed by atoms with van der Waals surface area (Å²) in [7, 11) is 3.53. The fourth-order valence-electron chi connectivity index (χ4n) is 6.11. The number of carbonyl (C=O) groups is 1. The first-order valence-electron chi connectivity index (χ1n) is 13.7. The van der Waals surface area contributed by atoms with E-state index < -0.39 is 17.2 Å². The number of aliphatic hydroxyl groups is 1. The average Bonchev–Trinajstić information content (AvgIpc) is 2.87. The first-order chi connectivity index (χ1) is 17.4. The number of hydrogen-bond acceptors (Lipinski definition) is 4. The zero-order chi connectivity index (χ0) is 26.0. The van der Waals surface area contributed by atoms with Crippen molar-refractivity contribution in [1.29, 1.82) is 0 Å². The van der Waals surface area contributed by atoms with E-state index in [1.54, 1.807) is 12.0 Å². The third kappa shape index (κ3) is 8.12. The minimum atomic E-state index is -1.43. The van der Waals surface area contributed by atoms with Gasteiger partial charge in [0.25, 0.3) is 0 Å². The second-order valence-electron chi connectivity index (χ2n) is 10.8. The maximum atomic E-state index is 14.1. The molecule has 2 amide bonds. The second-order valence-corrected chi connectivity index (χ2v) is 10.8. The Kier molecular flexibility index (Phi) is 11.4. The van der Waals surface area contributed by atoms with Crippen LogP contribution in [0.5, 0.6) is 0 Å². The molecule has 3 atom stereocenters. The molecule has 2 fully saturated rings. The number of benzene rings is 1. The van der Waals surface area contributed by atoms with E-state index in [1.165, 1.54) is 44.2 Å². The van der Waals surface area contributed by atoms with Gasteiger partial charge in [-0.3, -0.25) is 0 Å². The molecule has 36 heavy (non-hydrogen) atoms. The fraction of sp³-hybridized carbons (Fsp3) is 0.750. The number of carbonyl (C=O) groups excluding carboxylic acids is 1. The number of unbranched alkanes of at least 4 members (excludes halogenated alkanes) is 1. The second kappa shape index (κ2) is 14.2. The Morgan fingerprint density at radius 3 is 2.53 bits per heavy atom. The summed E-state index contributed by atoms with van der Waals surface area (Å²) in [5, 5.41) is 18.3. The molecule has 6 nitrogen and oxygen atoms in total. The molecule has 2 aliphatic rings. The Bertz CT molecular complexity index is 801. The maximum Gasteiger partial charge on any atom is 0.317 e. The van der Waals surface area contributed by atoms with E-state index in [9.17, 15) is 18.7 Å². The van der Waals surface area contributed by atoms with Crippen molar-refractivity contribution in [2.45, 2.75) is 82.3 Å². The van der Waals surface area contributed by atoms with Gasteiger partial charge in [-0.05, 0) is 69.2 Å². The molecule has 1 heterocycles. The predicted octanol–water partition coefficient (Wildman–Crippen LogP) is 4.95. The monoisotopic (exact) mass is 509 g/mol. The standard InChI is InChI=1S/C28H45F2N3O3/c1-31-19-26(15-21-9-4-3-5-10-21)32-27(34)33-13-8-11-22(20-33)28(35,12-6-7-14-36-2)23-16-24(29)18-25(30)17-23/h16-18,21-22,26,31,35H,3-15,19-20H2,1-2H3,(H,32,34). The molecule has 0 bridgehead atoms. The topological polar surface area (TPSA) is 73.8 Å². The number of likely N-dealkylation sites (N-methyl/N-ethyl adjacent to an activating group) is 1. The summed E-state index contributed by atoms with van der Waals surface area (Å²) in [6, 6.07) is 3.21. The normalized spacial score (nSPS) is 21.7. The Morgan fingerprint density at radius 2 is 1.86 bits per heavy atom. The number of nitrogens with zero attached hydrogens (tertiary/aromatic N) is 1. The number of hydrogen-bond donors (Lipinski definition) is 3. The van der Waals surface area contributed by atoms with Crippen molar-refractivity contribution < 1.29 is 23.4 Å².